The molecule has 17 heavy (non-hydrogen) atoms. The summed E-state index contributed by atoms with van der Waals surface area (Å²) in [7, 11) is 0. The number of hydrogen-bond acceptors (Lipinski definition) is 2. The molecule has 1 aromatic heterocycles. The maximum absolute atomic E-state index is 13.5. The number of halogens is 4. The van der Waals surface area contributed by atoms with E-state index >= 15 is 0 Å². The fraction of sp³-hybridized carbons (Fsp3) is 0. The average Bonchev–Trinajstić information content (AvgIpc) is 2.21. The highest BCUT2D eigenvalue weighted by atomic mass is 35.5. The predicted molar refractivity (Wildman–Crippen MR) is 68.9 cm³/mol. The van der Waals surface area contributed by atoms with Crippen LogP contribution in [-0.4, -0.2) is 4.98 Å². The fourth-order valence-corrected chi connectivity index (χ4v) is 1.94. The molecule has 0 spiro atoms. The van der Waals surface area contributed by atoms with Crippen molar-refractivity contribution in [3.63, 3.8) is 0 Å². The molecule has 2 aromatic rings. The Bertz CT molecular complexity index is 540. The molecule has 0 aliphatic heterocycles. The van der Waals surface area contributed by atoms with Crippen molar-refractivity contribution >= 4 is 46.3 Å². The number of benzene rings is 1. The van der Waals surface area contributed by atoms with Crippen LogP contribution < -0.4 is 5.32 Å². The van der Waals surface area contributed by atoms with Crippen LogP contribution in [0.3, 0.4) is 0 Å². The second-order valence-corrected chi connectivity index (χ2v) is 4.58. The lowest BCUT2D eigenvalue weighted by atomic mass is 10.3. The largest absolute Gasteiger partial charge is 0.338 e. The lowest BCUT2D eigenvalue weighted by Crippen LogP contribution is -1.96. The molecule has 0 fully saturated rings. The molecule has 88 valence electrons. The molecular formula is C11H6Cl3FN2. The van der Waals surface area contributed by atoms with Gasteiger partial charge < -0.3 is 5.32 Å². The maximum atomic E-state index is 13.5. The predicted octanol–water partition coefficient (Wildman–Crippen LogP) is 4.92. The second kappa shape index (κ2) is 5.08. The van der Waals surface area contributed by atoms with Gasteiger partial charge >= 0.3 is 0 Å². The van der Waals surface area contributed by atoms with Crippen LogP contribution in [0.25, 0.3) is 0 Å². The lowest BCUT2D eigenvalue weighted by molar-refractivity contribution is 0.626. The molecule has 1 aromatic carbocycles. The van der Waals surface area contributed by atoms with Gasteiger partial charge in [0.05, 0.1) is 5.02 Å². The molecule has 0 saturated heterocycles. The highest BCUT2D eigenvalue weighted by molar-refractivity contribution is 6.35. The number of hydrogen-bond donors (Lipinski definition) is 1. The van der Waals surface area contributed by atoms with Crippen molar-refractivity contribution in [1.29, 1.82) is 0 Å². The summed E-state index contributed by atoms with van der Waals surface area (Å²) < 4.78 is 13.5. The molecule has 1 N–H and O–H groups in total. The van der Waals surface area contributed by atoms with Crippen LogP contribution >= 0.6 is 34.8 Å². The minimum absolute atomic E-state index is 0.0627. The van der Waals surface area contributed by atoms with Crippen molar-refractivity contribution in [3.8, 4) is 0 Å². The number of rotatable bonds is 2. The summed E-state index contributed by atoms with van der Waals surface area (Å²) in [6, 6.07) is 5.98. The van der Waals surface area contributed by atoms with Crippen LogP contribution in [-0.2, 0) is 0 Å². The third-order valence-electron chi connectivity index (χ3n) is 1.93. The van der Waals surface area contributed by atoms with E-state index in [9.17, 15) is 4.39 Å². The molecule has 0 unspecified atom stereocenters. The van der Waals surface area contributed by atoms with Crippen LogP contribution in [0.4, 0.5) is 15.9 Å². The smallest absolute Gasteiger partial charge is 0.167 e. The normalized spacial score (nSPS) is 10.4. The van der Waals surface area contributed by atoms with Gasteiger partial charge in [-0.15, -0.1) is 0 Å². The number of aromatic nitrogens is 1. The first-order valence-electron chi connectivity index (χ1n) is 4.59. The number of nitrogens with zero attached hydrogens (tertiary/aromatic N) is 1. The fourth-order valence-electron chi connectivity index (χ4n) is 1.27. The van der Waals surface area contributed by atoms with Gasteiger partial charge in [-0.05, 0) is 24.3 Å². The van der Waals surface area contributed by atoms with Crippen molar-refractivity contribution in [1.82, 2.24) is 4.98 Å². The molecule has 6 heteroatoms. The van der Waals surface area contributed by atoms with Crippen molar-refractivity contribution < 1.29 is 4.39 Å². The quantitative estimate of drug-likeness (QED) is 0.849. The first-order chi connectivity index (χ1) is 8.04. The van der Waals surface area contributed by atoms with E-state index in [0.29, 0.717) is 15.7 Å². The van der Waals surface area contributed by atoms with E-state index in [1.54, 1.807) is 18.2 Å². The molecule has 0 aliphatic carbocycles. The molecule has 0 radical (unpaired) electrons. The Morgan fingerprint density at radius 2 is 1.59 bits per heavy atom. The molecule has 0 atom stereocenters. The van der Waals surface area contributed by atoms with E-state index in [1.807, 2.05) is 0 Å². The van der Waals surface area contributed by atoms with Gasteiger partial charge in [0.1, 0.15) is 0 Å². The van der Waals surface area contributed by atoms with Gasteiger partial charge in [0, 0.05) is 21.9 Å². The van der Waals surface area contributed by atoms with Gasteiger partial charge in [0.25, 0.3) is 0 Å². The third-order valence-corrected chi connectivity index (χ3v) is 2.58. The summed E-state index contributed by atoms with van der Waals surface area (Å²) in [4.78, 5) is 3.83. The van der Waals surface area contributed by atoms with Crippen LogP contribution in [0.1, 0.15) is 0 Å². The van der Waals surface area contributed by atoms with E-state index in [-0.39, 0.29) is 10.8 Å². The van der Waals surface area contributed by atoms with Gasteiger partial charge in [-0.2, -0.15) is 0 Å². The molecule has 2 nitrogen and oxygen atoms in total. The zero-order chi connectivity index (χ0) is 12.4. The molecule has 1 heterocycles. The Balaban J connectivity index is 2.31. The molecule has 2 rings (SSSR count). The van der Waals surface area contributed by atoms with Crippen molar-refractivity contribution in [2.24, 2.45) is 0 Å². The molecule has 0 aliphatic rings. The number of anilines is 2. The zero-order valence-corrected chi connectivity index (χ0v) is 10.6. The SMILES string of the molecule is Fc1cc(Cl)cnc1Nc1cc(Cl)cc(Cl)c1. The van der Waals surface area contributed by atoms with Crippen molar-refractivity contribution in [2.45, 2.75) is 0 Å². The Labute approximate surface area is 112 Å². The maximum Gasteiger partial charge on any atom is 0.167 e. The topological polar surface area (TPSA) is 24.9 Å². The summed E-state index contributed by atoms with van der Waals surface area (Å²) in [5.74, 6) is -0.485. The summed E-state index contributed by atoms with van der Waals surface area (Å²) >= 11 is 17.2. The van der Waals surface area contributed by atoms with E-state index in [2.05, 4.69) is 10.3 Å². The Morgan fingerprint density at radius 1 is 0.941 bits per heavy atom. The summed E-state index contributed by atoms with van der Waals surface area (Å²) in [5.41, 5.74) is 0.552. The molecule has 0 saturated carbocycles. The van der Waals surface area contributed by atoms with Crippen LogP contribution in [0.2, 0.25) is 15.1 Å². The van der Waals surface area contributed by atoms with Crippen molar-refractivity contribution in [2.75, 3.05) is 5.32 Å². The Hall–Kier alpha value is -1.03. The number of nitrogens with one attached hydrogen (secondary N) is 1. The first-order valence-corrected chi connectivity index (χ1v) is 5.72. The minimum atomic E-state index is -0.548. The summed E-state index contributed by atoms with van der Waals surface area (Å²) in [5, 5.41) is 3.91. The minimum Gasteiger partial charge on any atom is -0.338 e. The van der Waals surface area contributed by atoms with Gasteiger partial charge in [-0.3, -0.25) is 0 Å². The van der Waals surface area contributed by atoms with Crippen LogP contribution in [0.5, 0.6) is 0 Å². The monoisotopic (exact) mass is 290 g/mol. The average molecular weight is 292 g/mol. The van der Waals surface area contributed by atoms with E-state index in [1.165, 1.54) is 12.3 Å². The standard InChI is InChI=1S/C11H6Cl3FN2/c12-6-1-7(13)3-9(2-6)17-11-10(15)4-8(14)5-16-11/h1-5H,(H,16,17). The lowest BCUT2D eigenvalue weighted by Gasteiger charge is -2.07. The second-order valence-electron chi connectivity index (χ2n) is 3.27. The highest BCUT2D eigenvalue weighted by Gasteiger charge is 2.06. The summed E-state index contributed by atoms with van der Waals surface area (Å²) in [6.45, 7) is 0. The van der Waals surface area contributed by atoms with Gasteiger partial charge in [-0.25, -0.2) is 9.37 Å². The Morgan fingerprint density at radius 3 is 2.18 bits per heavy atom. The highest BCUT2D eigenvalue weighted by Crippen LogP contribution is 2.26. The zero-order valence-electron chi connectivity index (χ0n) is 8.35. The van der Waals surface area contributed by atoms with Crippen LogP contribution in [0, 0.1) is 5.82 Å². The van der Waals surface area contributed by atoms with Gasteiger partial charge in [0.2, 0.25) is 0 Å². The number of pyridine rings is 1. The molecular weight excluding hydrogens is 285 g/mol. The van der Waals surface area contributed by atoms with Gasteiger partial charge in [0.15, 0.2) is 11.6 Å². The van der Waals surface area contributed by atoms with E-state index < -0.39 is 5.82 Å². The Kier molecular flexibility index (Phi) is 3.72. The van der Waals surface area contributed by atoms with E-state index in [4.69, 9.17) is 34.8 Å². The van der Waals surface area contributed by atoms with E-state index in [0.717, 1.165) is 0 Å². The van der Waals surface area contributed by atoms with Gasteiger partial charge in [-0.1, -0.05) is 34.8 Å². The summed E-state index contributed by atoms with van der Waals surface area (Å²) in [6.07, 6.45) is 1.35. The molecule has 0 bridgehead atoms. The van der Waals surface area contributed by atoms with Crippen molar-refractivity contribution in [3.05, 3.63) is 51.3 Å². The molecule has 0 amide bonds. The third kappa shape index (κ3) is 3.22. The van der Waals surface area contributed by atoms with Crippen LogP contribution in [0.15, 0.2) is 30.5 Å². The first kappa shape index (κ1) is 12.4.